The summed E-state index contributed by atoms with van der Waals surface area (Å²) in [4.78, 5) is 4.39. The Hall–Kier alpha value is -1.13. The van der Waals surface area contributed by atoms with Gasteiger partial charge in [-0.15, -0.1) is 0 Å². The van der Waals surface area contributed by atoms with Crippen molar-refractivity contribution in [3.63, 3.8) is 0 Å². The molecule has 0 saturated heterocycles. The molecule has 4 heteroatoms. The van der Waals surface area contributed by atoms with E-state index in [4.69, 9.17) is 9.47 Å². The van der Waals surface area contributed by atoms with Gasteiger partial charge in [0.15, 0.2) is 0 Å². The summed E-state index contributed by atoms with van der Waals surface area (Å²) in [5.74, 6) is 0.687. The van der Waals surface area contributed by atoms with Gasteiger partial charge in [-0.1, -0.05) is 0 Å². The summed E-state index contributed by atoms with van der Waals surface area (Å²) in [6.45, 7) is 5.44. The van der Waals surface area contributed by atoms with Gasteiger partial charge in [-0.25, -0.2) is 4.98 Å². The molecule has 0 aromatic carbocycles. The zero-order chi connectivity index (χ0) is 13.0. The van der Waals surface area contributed by atoms with E-state index >= 15 is 0 Å². The van der Waals surface area contributed by atoms with Crippen LogP contribution in [0.5, 0.6) is 5.88 Å². The first-order valence-electron chi connectivity index (χ1n) is 6.54. The van der Waals surface area contributed by atoms with Gasteiger partial charge in [0, 0.05) is 31.5 Å². The Balaban J connectivity index is 1.95. The predicted molar refractivity (Wildman–Crippen MR) is 70.8 cm³/mol. The molecule has 18 heavy (non-hydrogen) atoms. The summed E-state index contributed by atoms with van der Waals surface area (Å²) in [7, 11) is 1.68. The number of rotatable bonds is 7. The van der Waals surface area contributed by atoms with Gasteiger partial charge < -0.3 is 14.8 Å². The summed E-state index contributed by atoms with van der Waals surface area (Å²) >= 11 is 0. The third kappa shape index (κ3) is 4.27. The van der Waals surface area contributed by atoms with E-state index in [1.165, 1.54) is 18.4 Å². The lowest BCUT2D eigenvalue weighted by Crippen LogP contribution is -2.19. The molecular formula is C14H22N2O2. The van der Waals surface area contributed by atoms with Crippen LogP contribution in [0.1, 0.15) is 31.0 Å². The average molecular weight is 250 g/mol. The minimum atomic E-state index is 0.0218. The number of nitrogens with one attached hydrogen (secondary N) is 1. The SMILES string of the molecule is COCC(C)Oc1cc(CNC2CC2)cc(C)n1. The van der Waals surface area contributed by atoms with Crippen molar-refractivity contribution in [3.05, 3.63) is 23.4 Å². The second-order valence-electron chi connectivity index (χ2n) is 4.99. The number of methoxy groups -OCH3 is 1. The second kappa shape index (κ2) is 6.16. The highest BCUT2D eigenvalue weighted by molar-refractivity contribution is 5.25. The molecule has 1 aromatic heterocycles. The molecule has 0 spiro atoms. The van der Waals surface area contributed by atoms with Gasteiger partial charge in [-0.3, -0.25) is 0 Å². The van der Waals surface area contributed by atoms with Crippen molar-refractivity contribution in [2.24, 2.45) is 0 Å². The van der Waals surface area contributed by atoms with Gasteiger partial charge in [0.05, 0.1) is 6.61 Å². The smallest absolute Gasteiger partial charge is 0.214 e. The van der Waals surface area contributed by atoms with Crippen LogP contribution < -0.4 is 10.1 Å². The Kier molecular flexibility index (Phi) is 4.55. The molecule has 0 bridgehead atoms. The van der Waals surface area contributed by atoms with Gasteiger partial charge >= 0.3 is 0 Å². The van der Waals surface area contributed by atoms with Crippen molar-refractivity contribution in [3.8, 4) is 5.88 Å². The molecule has 1 atom stereocenters. The van der Waals surface area contributed by atoms with Crippen LogP contribution in [0.4, 0.5) is 0 Å². The highest BCUT2D eigenvalue weighted by Gasteiger charge is 2.20. The van der Waals surface area contributed by atoms with E-state index < -0.39 is 0 Å². The van der Waals surface area contributed by atoms with Crippen LogP contribution in [0.2, 0.25) is 0 Å². The first kappa shape index (κ1) is 13.3. The lowest BCUT2D eigenvalue weighted by Gasteiger charge is -2.14. The lowest BCUT2D eigenvalue weighted by molar-refractivity contribution is 0.0888. The van der Waals surface area contributed by atoms with Crippen LogP contribution in [0.25, 0.3) is 0 Å². The number of pyridine rings is 1. The van der Waals surface area contributed by atoms with Crippen molar-refractivity contribution >= 4 is 0 Å². The number of ether oxygens (including phenoxy) is 2. The summed E-state index contributed by atoms with van der Waals surface area (Å²) in [5, 5.41) is 3.50. The molecule has 0 radical (unpaired) electrons. The molecule has 1 saturated carbocycles. The van der Waals surface area contributed by atoms with E-state index in [1.807, 2.05) is 19.9 Å². The van der Waals surface area contributed by atoms with Gasteiger partial charge in [0.1, 0.15) is 6.10 Å². The fraction of sp³-hybridized carbons (Fsp3) is 0.643. The zero-order valence-electron chi connectivity index (χ0n) is 11.4. The molecule has 0 amide bonds. The molecule has 1 fully saturated rings. The largest absolute Gasteiger partial charge is 0.472 e. The standard InChI is InChI=1S/C14H22N2O2/c1-10-6-12(8-15-13-4-5-13)7-14(16-10)18-11(2)9-17-3/h6-7,11,13,15H,4-5,8-9H2,1-3H3. The lowest BCUT2D eigenvalue weighted by atomic mass is 10.2. The third-order valence-corrected chi connectivity index (χ3v) is 2.89. The molecular weight excluding hydrogens is 228 g/mol. The molecule has 1 aromatic rings. The molecule has 100 valence electrons. The van der Waals surface area contributed by atoms with E-state index in [-0.39, 0.29) is 6.10 Å². The summed E-state index contributed by atoms with van der Waals surface area (Å²) in [5.41, 5.74) is 2.22. The summed E-state index contributed by atoms with van der Waals surface area (Å²) < 4.78 is 10.8. The normalized spacial score (nSPS) is 16.6. The van der Waals surface area contributed by atoms with Crippen LogP contribution in [0.15, 0.2) is 12.1 Å². The topological polar surface area (TPSA) is 43.4 Å². The zero-order valence-corrected chi connectivity index (χ0v) is 11.4. The first-order valence-corrected chi connectivity index (χ1v) is 6.54. The minimum absolute atomic E-state index is 0.0218. The average Bonchev–Trinajstić information content (AvgIpc) is 3.09. The molecule has 1 aliphatic carbocycles. The van der Waals surface area contributed by atoms with Crippen LogP contribution in [-0.2, 0) is 11.3 Å². The van der Waals surface area contributed by atoms with E-state index in [9.17, 15) is 0 Å². The number of nitrogens with zero attached hydrogens (tertiary/aromatic N) is 1. The van der Waals surface area contributed by atoms with Crippen molar-refractivity contribution in [1.29, 1.82) is 0 Å². The molecule has 1 N–H and O–H groups in total. The predicted octanol–water partition coefficient (Wildman–Crippen LogP) is 2.06. The first-order chi connectivity index (χ1) is 8.67. The number of hydrogen-bond acceptors (Lipinski definition) is 4. The van der Waals surface area contributed by atoms with Crippen molar-refractivity contribution in [2.45, 2.75) is 45.4 Å². The summed E-state index contributed by atoms with van der Waals surface area (Å²) in [6, 6.07) is 4.83. The van der Waals surface area contributed by atoms with E-state index in [1.54, 1.807) is 7.11 Å². The minimum Gasteiger partial charge on any atom is -0.472 e. The summed E-state index contributed by atoms with van der Waals surface area (Å²) in [6.07, 6.45) is 2.63. The Morgan fingerprint density at radius 2 is 2.22 bits per heavy atom. The molecule has 4 nitrogen and oxygen atoms in total. The Morgan fingerprint density at radius 3 is 2.89 bits per heavy atom. The molecule has 1 unspecified atom stereocenters. The van der Waals surface area contributed by atoms with Gasteiger partial charge in [-0.05, 0) is 38.3 Å². The Morgan fingerprint density at radius 1 is 1.44 bits per heavy atom. The maximum atomic E-state index is 5.73. The van der Waals surface area contributed by atoms with Crippen LogP contribution >= 0.6 is 0 Å². The quantitative estimate of drug-likeness (QED) is 0.804. The second-order valence-corrected chi connectivity index (χ2v) is 4.99. The maximum absolute atomic E-state index is 5.73. The maximum Gasteiger partial charge on any atom is 0.214 e. The van der Waals surface area contributed by atoms with Crippen molar-refractivity contribution in [1.82, 2.24) is 10.3 Å². The highest BCUT2D eigenvalue weighted by Crippen LogP contribution is 2.20. The molecule has 1 aliphatic rings. The molecule has 1 heterocycles. The van der Waals surface area contributed by atoms with Crippen molar-refractivity contribution in [2.75, 3.05) is 13.7 Å². The van der Waals surface area contributed by atoms with E-state index in [2.05, 4.69) is 16.4 Å². The van der Waals surface area contributed by atoms with E-state index in [0.717, 1.165) is 18.3 Å². The van der Waals surface area contributed by atoms with Crippen LogP contribution in [0, 0.1) is 6.92 Å². The highest BCUT2D eigenvalue weighted by atomic mass is 16.5. The van der Waals surface area contributed by atoms with E-state index in [0.29, 0.717) is 12.5 Å². The van der Waals surface area contributed by atoms with Crippen LogP contribution in [0.3, 0.4) is 0 Å². The number of aromatic nitrogens is 1. The number of hydrogen-bond donors (Lipinski definition) is 1. The van der Waals surface area contributed by atoms with Crippen LogP contribution in [-0.4, -0.2) is 30.8 Å². The van der Waals surface area contributed by atoms with Gasteiger partial charge in [0.2, 0.25) is 5.88 Å². The number of aryl methyl sites for hydroxylation is 1. The molecule has 2 rings (SSSR count). The molecule has 0 aliphatic heterocycles. The monoisotopic (exact) mass is 250 g/mol. The Bertz CT molecular complexity index is 391. The van der Waals surface area contributed by atoms with Crippen molar-refractivity contribution < 1.29 is 9.47 Å². The fourth-order valence-electron chi connectivity index (χ4n) is 1.89. The fourth-order valence-corrected chi connectivity index (χ4v) is 1.89. The third-order valence-electron chi connectivity index (χ3n) is 2.89. The van der Waals surface area contributed by atoms with Gasteiger partial charge in [-0.2, -0.15) is 0 Å². The van der Waals surface area contributed by atoms with Gasteiger partial charge in [0.25, 0.3) is 0 Å². The Labute approximate surface area is 109 Å².